The maximum Gasteiger partial charge on any atom is 0.213 e. The topological polar surface area (TPSA) is 52.4 Å². The summed E-state index contributed by atoms with van der Waals surface area (Å²) in [5.74, 6) is 1.56. The lowest BCUT2D eigenvalue weighted by atomic mass is 10.0. The van der Waals surface area contributed by atoms with Crippen LogP contribution < -0.4 is 9.47 Å². The molecule has 3 aromatic rings. The second kappa shape index (κ2) is 8.02. The highest BCUT2D eigenvalue weighted by atomic mass is 16.5. The van der Waals surface area contributed by atoms with Crippen molar-refractivity contribution in [3.8, 4) is 11.6 Å². The Morgan fingerprint density at radius 1 is 1.18 bits per heavy atom. The van der Waals surface area contributed by atoms with Crippen molar-refractivity contribution >= 4 is 0 Å². The van der Waals surface area contributed by atoms with Crippen molar-refractivity contribution in [1.82, 2.24) is 19.7 Å². The second-order valence-electron chi connectivity index (χ2n) is 7.22. The molecular formula is C22H26N4O2. The van der Waals surface area contributed by atoms with Crippen LogP contribution in [0, 0.1) is 6.92 Å². The normalized spacial score (nSPS) is 14.0. The van der Waals surface area contributed by atoms with Crippen LogP contribution in [-0.2, 0) is 33.2 Å². The zero-order chi connectivity index (χ0) is 19.5. The largest absolute Gasteiger partial charge is 0.496 e. The fourth-order valence-corrected chi connectivity index (χ4v) is 3.85. The van der Waals surface area contributed by atoms with E-state index in [1.807, 2.05) is 29.9 Å². The van der Waals surface area contributed by atoms with Crippen molar-refractivity contribution < 1.29 is 9.47 Å². The minimum absolute atomic E-state index is 0.440. The molecular weight excluding hydrogens is 352 g/mol. The molecule has 0 bridgehead atoms. The first-order valence-corrected chi connectivity index (χ1v) is 9.57. The van der Waals surface area contributed by atoms with Gasteiger partial charge in [-0.2, -0.15) is 5.10 Å². The van der Waals surface area contributed by atoms with Crippen LogP contribution in [0.5, 0.6) is 11.6 Å². The molecule has 1 aliphatic heterocycles. The zero-order valence-corrected chi connectivity index (χ0v) is 16.7. The number of aryl methyl sites for hydroxylation is 2. The molecule has 6 heteroatoms. The first-order valence-electron chi connectivity index (χ1n) is 9.57. The summed E-state index contributed by atoms with van der Waals surface area (Å²) in [5.41, 5.74) is 6.07. The number of rotatable bonds is 6. The van der Waals surface area contributed by atoms with Gasteiger partial charge in [0, 0.05) is 56.6 Å². The maximum atomic E-state index is 5.85. The summed E-state index contributed by atoms with van der Waals surface area (Å²) in [7, 11) is 3.73. The van der Waals surface area contributed by atoms with Crippen LogP contribution in [0.3, 0.4) is 0 Å². The van der Waals surface area contributed by atoms with Crippen LogP contribution in [0.25, 0.3) is 0 Å². The number of aromatic nitrogens is 3. The standard InChI is InChI=1S/C22H26N4O2/c1-16-12-17(7-8-21(16)27-3)13-26-11-9-20-18(14-26)19(24-25(20)2)15-28-22-6-4-5-10-23-22/h4-8,10,12H,9,11,13-15H2,1-3H3. The van der Waals surface area contributed by atoms with Crippen LogP contribution in [0.2, 0.25) is 0 Å². The maximum absolute atomic E-state index is 5.85. The van der Waals surface area contributed by atoms with E-state index in [2.05, 4.69) is 35.0 Å². The molecule has 0 saturated carbocycles. The quantitative estimate of drug-likeness (QED) is 0.659. The highest BCUT2D eigenvalue weighted by Crippen LogP contribution is 2.25. The van der Waals surface area contributed by atoms with Crippen molar-refractivity contribution in [2.75, 3.05) is 13.7 Å². The van der Waals surface area contributed by atoms with E-state index >= 15 is 0 Å². The van der Waals surface area contributed by atoms with Crippen molar-refractivity contribution in [3.63, 3.8) is 0 Å². The SMILES string of the molecule is COc1ccc(CN2CCc3c(c(COc4ccccn4)nn3C)C2)cc1C. The third-order valence-electron chi connectivity index (χ3n) is 5.26. The Kier molecular flexibility index (Phi) is 5.30. The van der Waals surface area contributed by atoms with Crippen molar-refractivity contribution in [3.05, 3.63) is 70.7 Å². The van der Waals surface area contributed by atoms with Crippen LogP contribution in [0.4, 0.5) is 0 Å². The van der Waals surface area contributed by atoms with E-state index in [1.54, 1.807) is 13.3 Å². The number of ether oxygens (including phenoxy) is 2. The van der Waals surface area contributed by atoms with Gasteiger partial charge in [-0.3, -0.25) is 9.58 Å². The molecule has 0 radical (unpaired) electrons. The van der Waals surface area contributed by atoms with Crippen molar-refractivity contribution in [2.24, 2.45) is 7.05 Å². The summed E-state index contributed by atoms with van der Waals surface area (Å²) in [6.07, 6.45) is 2.74. The van der Waals surface area contributed by atoms with Gasteiger partial charge in [-0.15, -0.1) is 0 Å². The van der Waals surface area contributed by atoms with E-state index in [4.69, 9.17) is 14.6 Å². The molecule has 0 unspecified atom stereocenters. The Hall–Kier alpha value is -2.86. The molecule has 2 aromatic heterocycles. The van der Waals surface area contributed by atoms with E-state index < -0.39 is 0 Å². The van der Waals surface area contributed by atoms with Crippen LogP contribution in [0.1, 0.15) is 28.1 Å². The molecule has 0 fully saturated rings. The molecule has 4 rings (SSSR count). The summed E-state index contributed by atoms with van der Waals surface area (Å²) < 4.78 is 13.2. The van der Waals surface area contributed by atoms with Gasteiger partial charge in [-0.05, 0) is 30.2 Å². The minimum Gasteiger partial charge on any atom is -0.496 e. The molecule has 0 atom stereocenters. The number of pyridine rings is 1. The molecule has 0 amide bonds. The summed E-state index contributed by atoms with van der Waals surface area (Å²) in [6.45, 7) is 5.35. The van der Waals surface area contributed by atoms with Gasteiger partial charge < -0.3 is 9.47 Å². The lowest BCUT2D eigenvalue weighted by Gasteiger charge is -2.27. The van der Waals surface area contributed by atoms with E-state index in [-0.39, 0.29) is 0 Å². The predicted molar refractivity (Wildman–Crippen MR) is 107 cm³/mol. The molecule has 3 heterocycles. The average Bonchev–Trinajstić information content (AvgIpc) is 3.02. The van der Waals surface area contributed by atoms with Crippen molar-refractivity contribution in [1.29, 1.82) is 0 Å². The summed E-state index contributed by atoms with van der Waals surface area (Å²) in [5, 5.41) is 4.71. The van der Waals surface area contributed by atoms with Gasteiger partial charge in [0.15, 0.2) is 0 Å². The zero-order valence-electron chi connectivity index (χ0n) is 16.7. The first-order chi connectivity index (χ1) is 13.6. The molecule has 0 aliphatic carbocycles. The van der Waals surface area contributed by atoms with Gasteiger partial charge in [0.25, 0.3) is 0 Å². The lowest BCUT2D eigenvalue weighted by Crippen LogP contribution is -2.31. The molecule has 1 aliphatic rings. The van der Waals surface area contributed by atoms with Gasteiger partial charge in [0.1, 0.15) is 18.1 Å². The number of hydrogen-bond donors (Lipinski definition) is 0. The fraction of sp³-hybridized carbons (Fsp3) is 0.364. The summed E-state index contributed by atoms with van der Waals surface area (Å²) in [4.78, 5) is 6.70. The summed E-state index contributed by atoms with van der Waals surface area (Å²) >= 11 is 0. The third-order valence-corrected chi connectivity index (χ3v) is 5.26. The number of nitrogens with zero attached hydrogens (tertiary/aromatic N) is 4. The average molecular weight is 378 g/mol. The van der Waals surface area contributed by atoms with E-state index in [0.29, 0.717) is 12.5 Å². The van der Waals surface area contributed by atoms with Crippen LogP contribution >= 0.6 is 0 Å². The van der Waals surface area contributed by atoms with Crippen molar-refractivity contribution in [2.45, 2.75) is 33.0 Å². The van der Waals surface area contributed by atoms with Gasteiger partial charge in [0.05, 0.1) is 7.11 Å². The Morgan fingerprint density at radius 3 is 2.82 bits per heavy atom. The number of fused-ring (bicyclic) bond motifs is 1. The number of methoxy groups -OCH3 is 1. The number of benzene rings is 1. The Bertz CT molecular complexity index is 953. The monoisotopic (exact) mass is 378 g/mol. The van der Waals surface area contributed by atoms with Gasteiger partial charge in [-0.1, -0.05) is 18.2 Å². The molecule has 0 N–H and O–H groups in total. The molecule has 28 heavy (non-hydrogen) atoms. The van der Waals surface area contributed by atoms with Gasteiger partial charge in [-0.25, -0.2) is 4.98 Å². The highest BCUT2D eigenvalue weighted by Gasteiger charge is 2.24. The fourth-order valence-electron chi connectivity index (χ4n) is 3.85. The third kappa shape index (κ3) is 3.87. The molecule has 1 aromatic carbocycles. The lowest BCUT2D eigenvalue weighted by molar-refractivity contribution is 0.238. The van der Waals surface area contributed by atoms with Crippen LogP contribution in [0.15, 0.2) is 42.6 Å². The van der Waals surface area contributed by atoms with Gasteiger partial charge in [0.2, 0.25) is 5.88 Å². The smallest absolute Gasteiger partial charge is 0.213 e. The Balaban J connectivity index is 1.47. The molecule has 0 spiro atoms. The predicted octanol–water partition coefficient (Wildman–Crippen LogP) is 3.27. The Labute approximate surface area is 165 Å². The van der Waals surface area contributed by atoms with E-state index in [1.165, 1.54) is 22.4 Å². The molecule has 146 valence electrons. The molecule has 6 nitrogen and oxygen atoms in total. The second-order valence-corrected chi connectivity index (χ2v) is 7.22. The highest BCUT2D eigenvalue weighted by molar-refractivity contribution is 5.36. The minimum atomic E-state index is 0.440. The first kappa shape index (κ1) is 18.5. The Morgan fingerprint density at radius 2 is 2.07 bits per heavy atom. The number of hydrogen-bond acceptors (Lipinski definition) is 5. The van der Waals surface area contributed by atoms with Crippen LogP contribution in [-0.4, -0.2) is 33.3 Å². The van der Waals surface area contributed by atoms with E-state index in [9.17, 15) is 0 Å². The van der Waals surface area contributed by atoms with E-state index in [0.717, 1.165) is 37.5 Å². The molecule has 0 saturated heterocycles. The summed E-state index contributed by atoms with van der Waals surface area (Å²) in [6, 6.07) is 12.1. The van der Waals surface area contributed by atoms with Gasteiger partial charge >= 0.3 is 0 Å².